The Morgan fingerprint density at radius 1 is 1.18 bits per heavy atom. The maximum absolute atomic E-state index is 14.8. The van der Waals surface area contributed by atoms with Gasteiger partial charge in [-0.15, -0.1) is 0 Å². The van der Waals surface area contributed by atoms with Crippen molar-refractivity contribution in [3.63, 3.8) is 0 Å². The van der Waals surface area contributed by atoms with E-state index in [0.29, 0.717) is 23.3 Å². The number of aromatic nitrogens is 1. The normalized spacial score (nSPS) is 22.6. The van der Waals surface area contributed by atoms with Crippen molar-refractivity contribution in [1.82, 2.24) is 9.88 Å². The molecule has 5 rings (SSSR count). The van der Waals surface area contributed by atoms with Crippen molar-refractivity contribution in [1.29, 1.82) is 0 Å². The lowest BCUT2D eigenvalue weighted by Crippen LogP contribution is -2.41. The molecule has 0 radical (unpaired) electrons. The monoisotopic (exact) mass is 464 g/mol. The van der Waals surface area contributed by atoms with Crippen molar-refractivity contribution < 1.29 is 23.4 Å². The van der Waals surface area contributed by atoms with Gasteiger partial charge in [-0.25, -0.2) is 14.4 Å². The number of aliphatic hydroxyl groups excluding tert-OH is 1. The summed E-state index contributed by atoms with van der Waals surface area (Å²) in [6.45, 7) is 2.17. The van der Waals surface area contributed by atoms with Gasteiger partial charge < -0.3 is 15.6 Å². The van der Waals surface area contributed by atoms with Crippen LogP contribution < -0.4 is 5.73 Å². The number of likely N-dealkylation sites (N-methyl/N-ethyl adjacent to an activating group) is 1. The summed E-state index contributed by atoms with van der Waals surface area (Å²) in [6, 6.07) is 12.1. The highest BCUT2D eigenvalue weighted by Crippen LogP contribution is 2.44. The van der Waals surface area contributed by atoms with Gasteiger partial charge in [0.05, 0.1) is 12.7 Å². The second kappa shape index (κ2) is 7.96. The molecule has 174 valence electrons. The van der Waals surface area contributed by atoms with E-state index in [4.69, 9.17) is 10.5 Å². The molecule has 2 aliphatic heterocycles. The Labute approximate surface area is 194 Å². The Morgan fingerprint density at radius 3 is 2.50 bits per heavy atom. The van der Waals surface area contributed by atoms with Crippen LogP contribution in [-0.2, 0) is 15.1 Å². The molecule has 0 aliphatic carbocycles. The Hall–Kier alpha value is -3.69. The molecule has 3 atom stereocenters. The highest BCUT2D eigenvalue weighted by Gasteiger charge is 2.50. The topological polar surface area (TPSA) is 104 Å². The number of guanidine groups is 1. The summed E-state index contributed by atoms with van der Waals surface area (Å²) in [4.78, 5) is 23.0. The molecule has 1 aromatic heterocycles. The third kappa shape index (κ3) is 3.36. The number of epoxide rings is 1. The molecule has 0 saturated carbocycles. The van der Waals surface area contributed by atoms with Crippen LogP contribution in [0.25, 0.3) is 11.1 Å². The van der Waals surface area contributed by atoms with Gasteiger partial charge in [0.1, 0.15) is 11.9 Å². The molecule has 3 heterocycles. The number of amides is 1. The zero-order valence-electron chi connectivity index (χ0n) is 18.5. The number of aliphatic imine (C=N–C) groups is 1. The van der Waals surface area contributed by atoms with Gasteiger partial charge in [-0.3, -0.25) is 9.69 Å². The molecular weight excluding hydrogens is 442 g/mol. The average molecular weight is 464 g/mol. The Kier molecular flexibility index (Phi) is 5.18. The summed E-state index contributed by atoms with van der Waals surface area (Å²) in [5.74, 6) is -1.99. The van der Waals surface area contributed by atoms with Crippen molar-refractivity contribution >= 4 is 11.9 Å². The number of aliphatic hydroxyl groups is 1. The summed E-state index contributed by atoms with van der Waals surface area (Å²) >= 11 is 0. The standard InChI is InChI=1S/C25H22F2N4O3/c1-13(32)18-10-14(5-7-16(18)21-12-34-21)25(23(33)31(2)24(28)30-25)15-6-8-20(26)19(11-15)17-4-3-9-29-22(17)27/h3-11,13,21,32H,12H2,1-2H3,(H2,28,30)/t13?,21?,25-/m0/s1. The van der Waals surface area contributed by atoms with Crippen LogP contribution in [0.1, 0.15) is 41.4 Å². The number of nitrogens with two attached hydrogens (primary N) is 1. The van der Waals surface area contributed by atoms with Crippen molar-refractivity contribution in [3.05, 3.63) is 88.7 Å². The van der Waals surface area contributed by atoms with Crippen LogP contribution in [-0.4, -0.2) is 40.5 Å². The fraction of sp³-hybridized carbons (Fsp3) is 0.240. The average Bonchev–Trinajstić information content (AvgIpc) is 3.64. The number of hydrogen-bond acceptors (Lipinski definition) is 6. The van der Waals surface area contributed by atoms with Crippen LogP contribution >= 0.6 is 0 Å². The molecule has 3 aromatic rings. The summed E-state index contributed by atoms with van der Waals surface area (Å²) in [5.41, 5.74) is 6.46. The molecule has 7 nitrogen and oxygen atoms in total. The third-order valence-electron chi connectivity index (χ3n) is 6.31. The highest BCUT2D eigenvalue weighted by molar-refractivity contribution is 6.09. The number of rotatable bonds is 5. The van der Waals surface area contributed by atoms with E-state index in [1.807, 2.05) is 0 Å². The minimum Gasteiger partial charge on any atom is -0.389 e. The summed E-state index contributed by atoms with van der Waals surface area (Å²) in [7, 11) is 1.50. The van der Waals surface area contributed by atoms with E-state index >= 15 is 0 Å². The molecule has 1 amide bonds. The number of pyridine rings is 1. The maximum Gasteiger partial charge on any atom is 0.266 e. The smallest absolute Gasteiger partial charge is 0.266 e. The summed E-state index contributed by atoms with van der Waals surface area (Å²) in [6.07, 6.45) is 0.321. The van der Waals surface area contributed by atoms with E-state index in [0.717, 1.165) is 11.6 Å². The second-order valence-electron chi connectivity index (χ2n) is 8.42. The zero-order chi connectivity index (χ0) is 24.2. The molecule has 3 N–H and O–H groups in total. The van der Waals surface area contributed by atoms with Crippen LogP contribution in [0.3, 0.4) is 0 Å². The molecule has 34 heavy (non-hydrogen) atoms. The van der Waals surface area contributed by atoms with Gasteiger partial charge in [-0.05, 0) is 59.5 Å². The van der Waals surface area contributed by atoms with E-state index in [-0.39, 0.29) is 23.2 Å². The lowest BCUT2D eigenvalue weighted by molar-refractivity contribution is -0.129. The van der Waals surface area contributed by atoms with Crippen LogP contribution in [0.5, 0.6) is 0 Å². The number of carbonyl (C=O) groups is 1. The second-order valence-corrected chi connectivity index (χ2v) is 8.42. The first kappa shape index (κ1) is 22.1. The van der Waals surface area contributed by atoms with Crippen molar-refractivity contribution in [2.45, 2.75) is 24.7 Å². The maximum atomic E-state index is 14.8. The molecule has 1 fully saturated rings. The Bertz CT molecular complexity index is 1340. The SMILES string of the molecule is CC(O)c1cc([C@@]2(c3ccc(F)c(-c4cccnc4F)c3)N=C(N)N(C)C2=O)ccc1C1CO1. The number of benzene rings is 2. The Morgan fingerprint density at radius 2 is 1.88 bits per heavy atom. The first-order chi connectivity index (χ1) is 16.2. The molecule has 2 unspecified atom stereocenters. The summed E-state index contributed by atoms with van der Waals surface area (Å²) in [5, 5.41) is 10.4. The lowest BCUT2D eigenvalue weighted by atomic mass is 9.80. The van der Waals surface area contributed by atoms with Crippen LogP contribution in [0.4, 0.5) is 8.78 Å². The van der Waals surface area contributed by atoms with E-state index in [9.17, 15) is 18.7 Å². The number of halogens is 2. The van der Waals surface area contributed by atoms with Gasteiger partial charge in [0.25, 0.3) is 5.91 Å². The molecule has 0 spiro atoms. The molecule has 9 heteroatoms. The number of carbonyl (C=O) groups excluding carboxylic acids is 1. The number of hydrogen-bond donors (Lipinski definition) is 2. The van der Waals surface area contributed by atoms with Crippen LogP contribution in [0, 0.1) is 11.8 Å². The number of ether oxygens (including phenoxy) is 1. The van der Waals surface area contributed by atoms with Gasteiger partial charge in [-0.1, -0.05) is 18.2 Å². The summed E-state index contributed by atoms with van der Waals surface area (Å²) < 4.78 is 34.6. The van der Waals surface area contributed by atoms with E-state index in [1.165, 1.54) is 42.4 Å². The fourth-order valence-corrected chi connectivity index (χ4v) is 4.41. The largest absolute Gasteiger partial charge is 0.389 e. The first-order valence-corrected chi connectivity index (χ1v) is 10.7. The van der Waals surface area contributed by atoms with Gasteiger partial charge in [0.15, 0.2) is 11.5 Å². The zero-order valence-corrected chi connectivity index (χ0v) is 18.5. The van der Waals surface area contributed by atoms with Gasteiger partial charge in [0, 0.05) is 24.4 Å². The predicted molar refractivity (Wildman–Crippen MR) is 121 cm³/mol. The van der Waals surface area contributed by atoms with Crippen molar-refractivity contribution in [3.8, 4) is 11.1 Å². The van der Waals surface area contributed by atoms with Crippen LogP contribution in [0.2, 0.25) is 0 Å². The molecule has 2 aliphatic rings. The van der Waals surface area contributed by atoms with E-state index < -0.39 is 29.3 Å². The highest BCUT2D eigenvalue weighted by atomic mass is 19.1. The van der Waals surface area contributed by atoms with Crippen molar-refractivity contribution in [2.75, 3.05) is 13.7 Å². The number of nitrogens with zero attached hydrogens (tertiary/aromatic N) is 3. The predicted octanol–water partition coefficient (Wildman–Crippen LogP) is 3.18. The molecule has 1 saturated heterocycles. The van der Waals surface area contributed by atoms with Gasteiger partial charge in [-0.2, -0.15) is 4.39 Å². The van der Waals surface area contributed by atoms with E-state index in [2.05, 4.69) is 9.98 Å². The molecular formula is C25H22F2N4O3. The minimum atomic E-state index is -1.65. The van der Waals surface area contributed by atoms with Gasteiger partial charge in [0.2, 0.25) is 5.95 Å². The Balaban J connectivity index is 1.75. The minimum absolute atomic E-state index is 0.0170. The molecule has 2 aromatic carbocycles. The third-order valence-corrected chi connectivity index (χ3v) is 6.31. The first-order valence-electron chi connectivity index (χ1n) is 10.7. The quantitative estimate of drug-likeness (QED) is 0.446. The van der Waals surface area contributed by atoms with Crippen molar-refractivity contribution in [2.24, 2.45) is 10.7 Å². The van der Waals surface area contributed by atoms with Crippen LogP contribution in [0.15, 0.2) is 59.7 Å². The fourth-order valence-electron chi connectivity index (χ4n) is 4.41. The molecule has 0 bridgehead atoms. The van der Waals surface area contributed by atoms with Gasteiger partial charge >= 0.3 is 0 Å². The lowest BCUT2D eigenvalue weighted by Gasteiger charge is -2.28. The van der Waals surface area contributed by atoms with E-state index in [1.54, 1.807) is 25.1 Å².